The summed E-state index contributed by atoms with van der Waals surface area (Å²) >= 11 is 1.75. The molecule has 0 aliphatic carbocycles. The van der Waals surface area contributed by atoms with Crippen LogP contribution in [0, 0.1) is 19.7 Å². The van der Waals surface area contributed by atoms with E-state index in [-0.39, 0.29) is 5.82 Å². The average Bonchev–Trinajstić information content (AvgIpc) is 2.81. The second-order valence-corrected chi connectivity index (χ2v) is 5.54. The third-order valence-corrected chi connectivity index (χ3v) is 3.79. The molecule has 86 valence electrons. The van der Waals surface area contributed by atoms with Crippen molar-refractivity contribution < 1.29 is 4.39 Å². The lowest BCUT2D eigenvalue weighted by molar-refractivity contribution is 0.624. The highest BCUT2D eigenvalue weighted by molar-refractivity contribution is 7.12. The summed E-state index contributed by atoms with van der Waals surface area (Å²) in [4.78, 5) is 9.62. The smallest absolute Gasteiger partial charge is 0.142 e. The van der Waals surface area contributed by atoms with Crippen molar-refractivity contribution >= 4 is 22.4 Å². The molecule has 0 amide bonds. The van der Waals surface area contributed by atoms with Gasteiger partial charge in [-0.3, -0.25) is 0 Å². The molecule has 0 aliphatic rings. The fourth-order valence-electron chi connectivity index (χ4n) is 2.10. The molecule has 0 bridgehead atoms. The Morgan fingerprint density at radius 1 is 1.24 bits per heavy atom. The molecule has 0 radical (unpaired) electrons. The summed E-state index contributed by atoms with van der Waals surface area (Å²) in [5.41, 5.74) is 2.91. The molecule has 3 rings (SSSR count). The van der Waals surface area contributed by atoms with Crippen LogP contribution in [0.4, 0.5) is 4.39 Å². The van der Waals surface area contributed by atoms with Crippen LogP contribution in [-0.4, -0.2) is 9.97 Å². The zero-order chi connectivity index (χ0) is 12.0. The maximum Gasteiger partial charge on any atom is 0.142 e. The fourth-order valence-corrected chi connectivity index (χ4v) is 3.04. The van der Waals surface area contributed by atoms with Crippen LogP contribution in [-0.2, 0) is 0 Å². The van der Waals surface area contributed by atoms with E-state index in [0.717, 1.165) is 22.2 Å². The zero-order valence-corrected chi connectivity index (χ0v) is 10.4. The van der Waals surface area contributed by atoms with E-state index < -0.39 is 0 Å². The molecule has 0 saturated carbocycles. The molecular formula is C13H11FN2S. The van der Waals surface area contributed by atoms with Gasteiger partial charge in [0.2, 0.25) is 0 Å². The maximum atomic E-state index is 13.2. The first-order chi connectivity index (χ1) is 8.15. The van der Waals surface area contributed by atoms with Gasteiger partial charge in [-0.15, -0.1) is 11.3 Å². The topological polar surface area (TPSA) is 28.7 Å². The molecule has 0 unspecified atom stereocenters. The van der Waals surface area contributed by atoms with Crippen LogP contribution in [0.5, 0.6) is 0 Å². The van der Waals surface area contributed by atoms with Crippen molar-refractivity contribution in [2.45, 2.75) is 13.8 Å². The number of nitrogens with zero attached hydrogens (tertiary/aromatic N) is 1. The Kier molecular flexibility index (Phi) is 2.26. The van der Waals surface area contributed by atoms with Gasteiger partial charge in [-0.1, -0.05) is 0 Å². The molecular weight excluding hydrogens is 235 g/mol. The lowest BCUT2D eigenvalue weighted by Gasteiger charge is -1.97. The number of fused-ring (bicyclic) bond motifs is 1. The van der Waals surface area contributed by atoms with Gasteiger partial charge in [-0.25, -0.2) is 9.37 Å². The fraction of sp³-hybridized carbons (Fsp3) is 0.154. The second-order valence-electron chi connectivity index (χ2n) is 4.08. The van der Waals surface area contributed by atoms with E-state index in [1.807, 2.05) is 6.20 Å². The molecule has 2 nitrogen and oxygen atoms in total. The highest BCUT2D eigenvalue weighted by atomic mass is 32.1. The van der Waals surface area contributed by atoms with Crippen LogP contribution in [0.1, 0.15) is 9.75 Å². The number of pyridine rings is 1. The molecule has 17 heavy (non-hydrogen) atoms. The molecule has 0 aliphatic heterocycles. The average molecular weight is 246 g/mol. The predicted octanol–water partition coefficient (Wildman–Crippen LogP) is 4.05. The monoisotopic (exact) mass is 246 g/mol. The Labute approximate surface area is 102 Å². The Bertz CT molecular complexity index is 697. The van der Waals surface area contributed by atoms with Gasteiger partial charge in [-0.05, 0) is 31.5 Å². The molecule has 0 spiro atoms. The number of thiophene rings is 1. The maximum absolute atomic E-state index is 13.2. The van der Waals surface area contributed by atoms with Gasteiger partial charge in [-0.2, -0.15) is 0 Å². The Balaban J connectivity index is 2.30. The van der Waals surface area contributed by atoms with Crippen molar-refractivity contribution in [3.8, 4) is 11.1 Å². The van der Waals surface area contributed by atoms with Crippen molar-refractivity contribution in [2.24, 2.45) is 0 Å². The minimum Gasteiger partial charge on any atom is -0.346 e. The van der Waals surface area contributed by atoms with Crippen LogP contribution in [0.25, 0.3) is 22.2 Å². The van der Waals surface area contributed by atoms with Crippen LogP contribution >= 0.6 is 11.3 Å². The highest BCUT2D eigenvalue weighted by Crippen LogP contribution is 2.34. The third kappa shape index (κ3) is 1.65. The number of hydrogen-bond acceptors (Lipinski definition) is 2. The number of halogens is 1. The van der Waals surface area contributed by atoms with Crippen LogP contribution in [0.3, 0.4) is 0 Å². The third-order valence-electron chi connectivity index (χ3n) is 2.83. The number of aryl methyl sites for hydroxylation is 2. The van der Waals surface area contributed by atoms with Crippen molar-refractivity contribution in [3.63, 3.8) is 0 Å². The molecule has 0 saturated heterocycles. The van der Waals surface area contributed by atoms with E-state index in [1.165, 1.54) is 22.0 Å². The van der Waals surface area contributed by atoms with Crippen molar-refractivity contribution in [2.75, 3.05) is 0 Å². The minimum absolute atomic E-state index is 0.303. The summed E-state index contributed by atoms with van der Waals surface area (Å²) in [7, 11) is 0. The van der Waals surface area contributed by atoms with E-state index >= 15 is 0 Å². The molecule has 0 aromatic carbocycles. The minimum atomic E-state index is -0.303. The first kappa shape index (κ1) is 10.5. The van der Waals surface area contributed by atoms with E-state index in [2.05, 4.69) is 29.9 Å². The summed E-state index contributed by atoms with van der Waals surface area (Å²) in [5, 5.41) is 0.839. The lowest BCUT2D eigenvalue weighted by atomic mass is 10.1. The standard InChI is InChI=1S/C13H11FN2S/c1-7-3-10(8(2)17-7)12-6-16-13-11(12)4-9(14)5-15-13/h3-6H,1-2H3,(H,15,16). The number of nitrogens with one attached hydrogen (secondary N) is 1. The first-order valence-corrected chi connectivity index (χ1v) is 6.17. The molecule has 0 fully saturated rings. The Morgan fingerprint density at radius 3 is 2.76 bits per heavy atom. The van der Waals surface area contributed by atoms with Gasteiger partial charge in [0.15, 0.2) is 0 Å². The zero-order valence-electron chi connectivity index (χ0n) is 9.54. The SMILES string of the molecule is Cc1cc(-c2c[nH]c3ncc(F)cc23)c(C)s1. The quantitative estimate of drug-likeness (QED) is 0.689. The first-order valence-electron chi connectivity index (χ1n) is 5.35. The summed E-state index contributed by atoms with van der Waals surface area (Å²) in [6.45, 7) is 4.16. The predicted molar refractivity (Wildman–Crippen MR) is 68.8 cm³/mol. The Hall–Kier alpha value is -1.68. The van der Waals surface area contributed by atoms with E-state index in [9.17, 15) is 4.39 Å². The van der Waals surface area contributed by atoms with E-state index in [4.69, 9.17) is 0 Å². The number of aromatic amines is 1. The van der Waals surface area contributed by atoms with E-state index in [0.29, 0.717) is 0 Å². The van der Waals surface area contributed by atoms with Crippen LogP contribution in [0.15, 0.2) is 24.5 Å². The van der Waals surface area contributed by atoms with Gasteiger partial charge in [0.1, 0.15) is 11.5 Å². The number of H-pyrrole nitrogens is 1. The molecule has 0 atom stereocenters. The number of hydrogen-bond donors (Lipinski definition) is 1. The summed E-state index contributed by atoms with van der Waals surface area (Å²) < 4.78 is 13.2. The Morgan fingerprint density at radius 2 is 2.06 bits per heavy atom. The highest BCUT2D eigenvalue weighted by Gasteiger charge is 2.12. The lowest BCUT2D eigenvalue weighted by Crippen LogP contribution is -1.80. The molecule has 3 heterocycles. The summed E-state index contributed by atoms with van der Waals surface area (Å²) in [6.07, 6.45) is 3.12. The van der Waals surface area contributed by atoms with Gasteiger partial charge in [0, 0.05) is 26.9 Å². The van der Waals surface area contributed by atoms with Gasteiger partial charge < -0.3 is 4.98 Å². The summed E-state index contributed by atoms with van der Waals surface area (Å²) in [6, 6.07) is 3.66. The van der Waals surface area contributed by atoms with Gasteiger partial charge in [0.25, 0.3) is 0 Å². The van der Waals surface area contributed by atoms with Gasteiger partial charge in [0.05, 0.1) is 6.20 Å². The van der Waals surface area contributed by atoms with Gasteiger partial charge >= 0.3 is 0 Å². The van der Waals surface area contributed by atoms with Crippen molar-refractivity contribution in [3.05, 3.63) is 40.1 Å². The second kappa shape index (κ2) is 3.67. The molecule has 3 aromatic heterocycles. The molecule has 3 aromatic rings. The van der Waals surface area contributed by atoms with E-state index in [1.54, 1.807) is 11.3 Å². The summed E-state index contributed by atoms with van der Waals surface area (Å²) in [5.74, 6) is -0.303. The largest absolute Gasteiger partial charge is 0.346 e. The molecule has 1 N–H and O–H groups in total. The number of aromatic nitrogens is 2. The number of rotatable bonds is 1. The van der Waals surface area contributed by atoms with Crippen LogP contribution < -0.4 is 0 Å². The van der Waals surface area contributed by atoms with Crippen LogP contribution in [0.2, 0.25) is 0 Å². The van der Waals surface area contributed by atoms with Crippen molar-refractivity contribution in [1.82, 2.24) is 9.97 Å². The molecule has 4 heteroatoms. The normalized spacial score (nSPS) is 11.2. The van der Waals surface area contributed by atoms with Crippen molar-refractivity contribution in [1.29, 1.82) is 0 Å².